The summed E-state index contributed by atoms with van der Waals surface area (Å²) in [5.74, 6) is -1.10. The zero-order chi connectivity index (χ0) is 19.7. The lowest BCUT2D eigenvalue weighted by Crippen LogP contribution is -2.43. The van der Waals surface area contributed by atoms with Gasteiger partial charge in [0.2, 0.25) is 5.91 Å². The molecule has 1 aliphatic carbocycles. The second kappa shape index (κ2) is 9.22. The first-order valence-corrected chi connectivity index (χ1v) is 9.96. The smallest absolute Gasteiger partial charge is 0.228 e. The highest BCUT2D eigenvalue weighted by molar-refractivity contribution is 5.85. The van der Waals surface area contributed by atoms with Gasteiger partial charge in [-0.1, -0.05) is 12.8 Å². The Morgan fingerprint density at radius 1 is 1.28 bits per heavy atom. The molecule has 29 heavy (non-hydrogen) atoms. The zero-order valence-electron chi connectivity index (χ0n) is 16.5. The second-order valence-electron chi connectivity index (χ2n) is 7.96. The van der Waals surface area contributed by atoms with Gasteiger partial charge in [-0.15, -0.1) is 12.4 Å². The van der Waals surface area contributed by atoms with Gasteiger partial charge >= 0.3 is 0 Å². The number of amides is 1. The van der Waals surface area contributed by atoms with Crippen molar-refractivity contribution in [3.8, 4) is 0 Å². The number of benzene rings is 1. The summed E-state index contributed by atoms with van der Waals surface area (Å²) < 4.78 is 29.7. The highest BCUT2D eigenvalue weighted by atomic mass is 35.5. The van der Waals surface area contributed by atoms with Crippen molar-refractivity contribution in [3.05, 3.63) is 53.4 Å². The number of carbonyl (C=O) groups excluding carboxylic acids is 1. The lowest BCUT2D eigenvalue weighted by Gasteiger charge is -2.33. The fourth-order valence-electron chi connectivity index (χ4n) is 4.58. The Bertz CT molecular complexity index is 853. The Hall–Kier alpha value is -1.99. The third-order valence-corrected chi connectivity index (χ3v) is 6.08. The molecule has 1 aromatic carbocycles. The number of aryl methyl sites for hydroxylation is 1. The predicted octanol–water partition coefficient (Wildman–Crippen LogP) is 3.39. The molecule has 0 bridgehead atoms. The lowest BCUT2D eigenvalue weighted by atomic mass is 9.89. The molecule has 4 rings (SSSR count). The van der Waals surface area contributed by atoms with Gasteiger partial charge in [-0.3, -0.25) is 9.48 Å². The number of aromatic nitrogens is 2. The molecule has 158 valence electrons. The lowest BCUT2D eigenvalue weighted by molar-refractivity contribution is -0.138. The van der Waals surface area contributed by atoms with E-state index in [9.17, 15) is 13.6 Å². The molecular weight excluding hydrogens is 398 g/mol. The van der Waals surface area contributed by atoms with Crippen molar-refractivity contribution in [2.75, 3.05) is 13.1 Å². The third-order valence-electron chi connectivity index (χ3n) is 6.08. The van der Waals surface area contributed by atoms with Gasteiger partial charge < -0.3 is 10.2 Å². The van der Waals surface area contributed by atoms with Crippen LogP contribution in [-0.4, -0.2) is 39.7 Å². The molecule has 1 amide bonds. The van der Waals surface area contributed by atoms with Gasteiger partial charge in [-0.05, 0) is 36.6 Å². The molecule has 0 unspecified atom stereocenters. The van der Waals surface area contributed by atoms with Gasteiger partial charge in [0.15, 0.2) is 0 Å². The first-order valence-electron chi connectivity index (χ1n) is 9.96. The maximum atomic E-state index is 14.3. The summed E-state index contributed by atoms with van der Waals surface area (Å²) in [6.45, 7) is 1.42. The van der Waals surface area contributed by atoms with Gasteiger partial charge in [0.25, 0.3) is 0 Å². The minimum absolute atomic E-state index is 0. The van der Waals surface area contributed by atoms with Crippen LogP contribution in [0.2, 0.25) is 0 Å². The number of carbonyl (C=O) groups is 1. The van der Waals surface area contributed by atoms with E-state index in [2.05, 4.69) is 10.4 Å². The average molecular weight is 425 g/mol. The van der Waals surface area contributed by atoms with Crippen LogP contribution in [0.4, 0.5) is 8.78 Å². The molecule has 1 aliphatic heterocycles. The summed E-state index contributed by atoms with van der Waals surface area (Å²) in [7, 11) is 1.86. The summed E-state index contributed by atoms with van der Waals surface area (Å²) in [6.07, 6.45) is 7.72. The first-order chi connectivity index (χ1) is 13.5. The summed E-state index contributed by atoms with van der Waals surface area (Å²) in [5, 5.41) is 7.56. The van der Waals surface area contributed by atoms with E-state index in [4.69, 9.17) is 0 Å². The molecule has 8 heteroatoms. The monoisotopic (exact) mass is 424 g/mol. The van der Waals surface area contributed by atoms with Crippen LogP contribution in [0.1, 0.15) is 42.7 Å². The summed E-state index contributed by atoms with van der Waals surface area (Å²) in [4.78, 5) is 15.4. The maximum absolute atomic E-state index is 14.3. The Kier molecular flexibility index (Phi) is 6.90. The van der Waals surface area contributed by atoms with E-state index in [1.165, 1.54) is 6.07 Å². The Balaban J connectivity index is 0.00000240. The normalized spacial score (nSPS) is 21.9. The van der Waals surface area contributed by atoms with Gasteiger partial charge in [-0.2, -0.15) is 5.10 Å². The van der Waals surface area contributed by atoms with Crippen molar-refractivity contribution >= 4 is 18.3 Å². The molecule has 1 saturated heterocycles. The Labute approximate surface area is 175 Å². The molecule has 2 atom stereocenters. The Morgan fingerprint density at radius 2 is 2.03 bits per heavy atom. The van der Waals surface area contributed by atoms with Crippen molar-refractivity contribution in [2.45, 2.75) is 44.2 Å². The highest BCUT2D eigenvalue weighted by Crippen LogP contribution is 2.33. The molecule has 0 spiro atoms. The number of nitrogens with zero attached hydrogens (tertiary/aromatic N) is 3. The van der Waals surface area contributed by atoms with Gasteiger partial charge in [0, 0.05) is 50.4 Å². The van der Waals surface area contributed by atoms with Crippen molar-refractivity contribution in [3.63, 3.8) is 0 Å². The number of hydrogen-bond donors (Lipinski definition) is 1. The average Bonchev–Trinajstić information content (AvgIpc) is 3.42. The predicted molar refractivity (Wildman–Crippen MR) is 109 cm³/mol. The van der Waals surface area contributed by atoms with Crippen LogP contribution in [-0.2, 0) is 18.4 Å². The van der Waals surface area contributed by atoms with E-state index in [0.29, 0.717) is 6.54 Å². The maximum Gasteiger partial charge on any atom is 0.228 e. The summed E-state index contributed by atoms with van der Waals surface area (Å²) >= 11 is 0. The van der Waals surface area contributed by atoms with Crippen LogP contribution in [0.5, 0.6) is 0 Å². The molecule has 0 radical (unpaired) electrons. The number of nitrogens with one attached hydrogen (secondary N) is 1. The number of rotatable bonds is 5. The van der Waals surface area contributed by atoms with Crippen LogP contribution >= 0.6 is 12.4 Å². The van der Waals surface area contributed by atoms with Crippen molar-refractivity contribution in [1.29, 1.82) is 0 Å². The van der Waals surface area contributed by atoms with Crippen molar-refractivity contribution in [1.82, 2.24) is 20.0 Å². The third kappa shape index (κ3) is 4.61. The molecule has 2 aliphatic rings. The van der Waals surface area contributed by atoms with E-state index in [1.54, 1.807) is 9.58 Å². The van der Waals surface area contributed by atoms with E-state index in [0.717, 1.165) is 49.9 Å². The zero-order valence-corrected chi connectivity index (χ0v) is 17.3. The Morgan fingerprint density at radius 3 is 2.72 bits per heavy atom. The van der Waals surface area contributed by atoms with E-state index in [1.807, 2.05) is 19.4 Å². The quantitative estimate of drug-likeness (QED) is 0.800. The van der Waals surface area contributed by atoms with Gasteiger partial charge in [-0.25, -0.2) is 8.78 Å². The van der Waals surface area contributed by atoms with Crippen LogP contribution in [0.25, 0.3) is 0 Å². The fraction of sp³-hybridized carbons (Fsp3) is 0.524. The molecule has 1 saturated carbocycles. The van der Waals surface area contributed by atoms with Crippen LogP contribution in [0.3, 0.4) is 0 Å². The van der Waals surface area contributed by atoms with Crippen molar-refractivity contribution in [2.24, 2.45) is 13.0 Å². The van der Waals surface area contributed by atoms with Gasteiger partial charge in [0.05, 0.1) is 12.1 Å². The van der Waals surface area contributed by atoms with Crippen LogP contribution in [0.15, 0.2) is 30.6 Å². The van der Waals surface area contributed by atoms with E-state index >= 15 is 0 Å². The van der Waals surface area contributed by atoms with Crippen LogP contribution in [0, 0.1) is 17.6 Å². The molecular formula is C21H27ClF2N4O. The fourth-order valence-corrected chi connectivity index (χ4v) is 4.58. The number of hydrogen-bond acceptors (Lipinski definition) is 3. The SMILES string of the molecule is Cl.Cn1cc([C@H]2CNC[C@@H]2C(=O)N(Cc2cc(F)ccc2F)C2CCCC2)cn1. The van der Waals surface area contributed by atoms with Gasteiger partial charge in [0.1, 0.15) is 11.6 Å². The molecule has 1 aromatic heterocycles. The summed E-state index contributed by atoms with van der Waals surface area (Å²) in [5.41, 5.74) is 1.28. The topological polar surface area (TPSA) is 50.2 Å². The second-order valence-corrected chi connectivity index (χ2v) is 7.96. The van der Waals surface area contributed by atoms with Crippen LogP contribution < -0.4 is 5.32 Å². The van der Waals surface area contributed by atoms with Crippen molar-refractivity contribution < 1.29 is 13.6 Å². The van der Waals surface area contributed by atoms with E-state index < -0.39 is 11.6 Å². The first kappa shape index (κ1) is 21.7. The molecule has 1 N–H and O–H groups in total. The minimum Gasteiger partial charge on any atom is -0.335 e. The largest absolute Gasteiger partial charge is 0.335 e. The standard InChI is InChI=1S/C21H26F2N4O.ClH/c1-26-12-15(9-25-26)18-10-24-11-19(18)21(28)27(17-4-2-3-5-17)13-14-8-16(22)6-7-20(14)23;/h6-9,12,17-19,24H,2-5,10-11,13H2,1H3;1H/t18-,19+;/m1./s1. The minimum atomic E-state index is -0.481. The van der Waals surface area contributed by atoms with E-state index in [-0.39, 0.29) is 48.3 Å². The summed E-state index contributed by atoms with van der Waals surface area (Å²) in [6, 6.07) is 3.54. The molecule has 2 fully saturated rings. The molecule has 2 aromatic rings. The molecule has 2 heterocycles. The highest BCUT2D eigenvalue weighted by Gasteiger charge is 2.39. The molecule has 5 nitrogen and oxygen atoms in total. The number of halogens is 3.